The highest BCUT2D eigenvalue weighted by Gasteiger charge is 2.26. The molecular formula is C25H23N9OS. The van der Waals surface area contributed by atoms with Crippen LogP contribution in [-0.2, 0) is 4.79 Å². The summed E-state index contributed by atoms with van der Waals surface area (Å²) in [6.07, 6.45) is 7.04. The molecule has 4 aromatic rings. The van der Waals surface area contributed by atoms with Crippen molar-refractivity contribution < 1.29 is 4.79 Å². The molecule has 180 valence electrons. The Morgan fingerprint density at radius 2 is 2.00 bits per heavy atom. The number of rotatable bonds is 6. The van der Waals surface area contributed by atoms with E-state index in [1.54, 1.807) is 35.0 Å². The minimum Gasteiger partial charge on any atom is -0.372 e. The topological polar surface area (TPSA) is 145 Å². The summed E-state index contributed by atoms with van der Waals surface area (Å²) < 4.78 is 1.73. The molecule has 11 heteroatoms. The average molecular weight is 498 g/mol. The summed E-state index contributed by atoms with van der Waals surface area (Å²) >= 11 is 1.54. The van der Waals surface area contributed by atoms with Crippen LogP contribution in [0.4, 0.5) is 5.69 Å². The molecule has 1 amide bonds. The van der Waals surface area contributed by atoms with Crippen molar-refractivity contribution in [2.45, 2.75) is 44.6 Å². The highest BCUT2D eigenvalue weighted by molar-refractivity contribution is 7.14. The van der Waals surface area contributed by atoms with Crippen molar-refractivity contribution in [2.24, 2.45) is 0 Å². The lowest BCUT2D eigenvalue weighted by molar-refractivity contribution is -0.119. The van der Waals surface area contributed by atoms with Gasteiger partial charge in [-0.3, -0.25) is 9.78 Å². The zero-order chi connectivity index (χ0) is 25.1. The van der Waals surface area contributed by atoms with Crippen molar-refractivity contribution in [1.29, 1.82) is 10.5 Å². The number of hydrogen-bond donors (Lipinski definition) is 2. The molecule has 1 saturated carbocycles. The Morgan fingerprint density at radius 1 is 1.17 bits per heavy atom. The van der Waals surface area contributed by atoms with Crippen molar-refractivity contribution in [3.05, 3.63) is 47.2 Å². The van der Waals surface area contributed by atoms with E-state index in [1.165, 1.54) is 6.20 Å². The van der Waals surface area contributed by atoms with Crippen LogP contribution in [0, 0.1) is 22.7 Å². The first-order valence-electron chi connectivity index (χ1n) is 11.7. The smallest absolute Gasteiger partial charge is 0.217 e. The molecule has 0 unspecified atom stereocenters. The predicted molar refractivity (Wildman–Crippen MR) is 135 cm³/mol. The second-order valence-corrected chi connectivity index (χ2v) is 9.74. The zero-order valence-electron chi connectivity index (χ0n) is 19.6. The Hall–Kier alpha value is -4.35. The lowest BCUT2D eigenvalue weighted by Crippen LogP contribution is -2.35. The number of pyridine rings is 1. The summed E-state index contributed by atoms with van der Waals surface area (Å²) in [6.45, 7) is 1.69. The van der Waals surface area contributed by atoms with Crippen LogP contribution in [0.15, 0.2) is 36.7 Å². The number of nitrogens with one attached hydrogen (secondary N) is 2. The van der Waals surface area contributed by atoms with Crippen molar-refractivity contribution in [3.8, 4) is 34.1 Å². The van der Waals surface area contributed by atoms with Gasteiger partial charge in [0.25, 0.3) is 0 Å². The lowest BCUT2D eigenvalue weighted by atomic mass is 9.86. The van der Waals surface area contributed by atoms with Gasteiger partial charge < -0.3 is 10.6 Å². The van der Waals surface area contributed by atoms with Gasteiger partial charge in [-0.2, -0.15) is 15.6 Å². The predicted octanol–water partition coefficient (Wildman–Crippen LogP) is 3.88. The third kappa shape index (κ3) is 4.74. The minimum absolute atomic E-state index is 0.0147. The fourth-order valence-corrected chi connectivity index (χ4v) is 5.62. The van der Waals surface area contributed by atoms with Crippen LogP contribution in [-0.4, -0.2) is 43.3 Å². The Balaban J connectivity index is 1.42. The van der Waals surface area contributed by atoms with Crippen molar-refractivity contribution in [1.82, 2.24) is 30.1 Å². The minimum atomic E-state index is 0.0147. The van der Waals surface area contributed by atoms with E-state index in [0.717, 1.165) is 58.2 Å². The Morgan fingerprint density at radius 3 is 2.75 bits per heavy atom. The Bertz CT molecular complexity index is 1500. The van der Waals surface area contributed by atoms with E-state index >= 15 is 0 Å². The van der Waals surface area contributed by atoms with Crippen LogP contribution in [0.3, 0.4) is 0 Å². The fraction of sp³-hybridized carbons (Fsp3) is 0.320. The maximum Gasteiger partial charge on any atom is 0.217 e. The molecule has 2 N–H and O–H groups in total. The number of amides is 1. The summed E-state index contributed by atoms with van der Waals surface area (Å²) in [5, 5.41) is 39.5. The van der Waals surface area contributed by atoms with Crippen LogP contribution in [0.2, 0.25) is 0 Å². The molecule has 0 aromatic carbocycles. The third-order valence-electron chi connectivity index (χ3n) is 6.31. The van der Waals surface area contributed by atoms with Gasteiger partial charge in [-0.15, -0.1) is 10.2 Å². The van der Waals surface area contributed by atoms with Gasteiger partial charge >= 0.3 is 0 Å². The highest BCUT2D eigenvalue weighted by Crippen LogP contribution is 2.39. The van der Waals surface area contributed by atoms with E-state index in [-0.39, 0.29) is 18.5 Å². The van der Waals surface area contributed by atoms with Gasteiger partial charge in [-0.1, -0.05) is 11.3 Å². The van der Waals surface area contributed by atoms with Crippen LogP contribution in [0.1, 0.15) is 49.1 Å². The molecule has 0 spiro atoms. The molecule has 0 radical (unpaired) electrons. The van der Waals surface area contributed by atoms with E-state index in [1.807, 2.05) is 18.2 Å². The molecule has 0 atom stereocenters. The van der Waals surface area contributed by atoms with E-state index in [4.69, 9.17) is 10.5 Å². The molecule has 1 fully saturated rings. The van der Waals surface area contributed by atoms with E-state index in [9.17, 15) is 4.79 Å². The average Bonchev–Trinajstić information content (AvgIpc) is 3.55. The van der Waals surface area contributed by atoms with Gasteiger partial charge in [-0.05, 0) is 49.9 Å². The van der Waals surface area contributed by atoms with Crippen LogP contribution in [0.25, 0.3) is 27.5 Å². The Labute approximate surface area is 211 Å². The molecule has 1 aliphatic rings. The number of anilines is 1. The molecule has 0 saturated heterocycles. The third-order valence-corrected chi connectivity index (χ3v) is 7.43. The highest BCUT2D eigenvalue weighted by atomic mass is 32.1. The molecule has 36 heavy (non-hydrogen) atoms. The van der Waals surface area contributed by atoms with Crippen molar-refractivity contribution in [3.63, 3.8) is 0 Å². The first-order chi connectivity index (χ1) is 17.6. The van der Waals surface area contributed by atoms with Gasteiger partial charge in [0.1, 0.15) is 17.6 Å². The molecule has 1 aliphatic carbocycles. The second-order valence-electron chi connectivity index (χ2n) is 8.73. The summed E-state index contributed by atoms with van der Waals surface area (Å²) in [5.41, 5.74) is 4.26. The van der Waals surface area contributed by atoms with Gasteiger partial charge in [0.05, 0.1) is 40.3 Å². The SMILES string of the molecule is CC(=O)NC1CCC(c2nnc(-c3cnc(-c4ccc5cc(C#N)cnn45)cc3NCC#N)s2)CC1. The van der Waals surface area contributed by atoms with Crippen molar-refractivity contribution in [2.75, 3.05) is 11.9 Å². The monoisotopic (exact) mass is 497 g/mol. The maximum atomic E-state index is 11.3. The summed E-state index contributed by atoms with van der Waals surface area (Å²) in [5.74, 6) is 0.335. The summed E-state index contributed by atoms with van der Waals surface area (Å²) in [6, 6.07) is 11.9. The molecule has 10 nitrogen and oxygen atoms in total. The largest absolute Gasteiger partial charge is 0.372 e. The zero-order valence-corrected chi connectivity index (χ0v) is 20.4. The number of carbonyl (C=O) groups excluding carboxylic acids is 1. The Kier molecular flexibility index (Phi) is 6.56. The molecule has 4 aromatic heterocycles. The first-order valence-corrected chi connectivity index (χ1v) is 12.5. The molecule has 0 bridgehead atoms. The van der Waals surface area contributed by atoms with Crippen LogP contribution >= 0.6 is 11.3 Å². The summed E-state index contributed by atoms with van der Waals surface area (Å²) in [7, 11) is 0. The number of nitrogens with zero attached hydrogens (tertiary/aromatic N) is 7. The fourth-order valence-electron chi connectivity index (χ4n) is 4.58. The quantitative estimate of drug-likeness (QED) is 0.382. The number of nitriles is 2. The standard InChI is InChI=1S/C25H23N9OS/c1-15(35)31-18-4-2-17(3-5-18)24-32-33-25(36-24)20-14-29-22(11-21(20)28-9-8-26)23-7-6-19-10-16(12-27)13-30-34(19)23/h6-7,10-11,13-14,17-18H,2-5,9H2,1H3,(H,28,29)(H,31,35). The molecule has 5 rings (SSSR count). The normalized spacial score (nSPS) is 17.3. The van der Waals surface area contributed by atoms with Crippen LogP contribution < -0.4 is 10.6 Å². The van der Waals surface area contributed by atoms with Gasteiger partial charge in [-0.25, -0.2) is 4.52 Å². The lowest BCUT2D eigenvalue weighted by Gasteiger charge is -2.27. The molecular weight excluding hydrogens is 474 g/mol. The summed E-state index contributed by atoms with van der Waals surface area (Å²) in [4.78, 5) is 16.0. The van der Waals surface area contributed by atoms with E-state index < -0.39 is 0 Å². The van der Waals surface area contributed by atoms with E-state index in [0.29, 0.717) is 17.2 Å². The molecule has 0 aliphatic heterocycles. The van der Waals surface area contributed by atoms with Crippen LogP contribution in [0.5, 0.6) is 0 Å². The second kappa shape index (κ2) is 10.1. The van der Waals surface area contributed by atoms with Gasteiger partial charge in [0.2, 0.25) is 5.91 Å². The number of aromatic nitrogens is 5. The molecule has 4 heterocycles. The number of hydrogen-bond acceptors (Lipinski definition) is 9. The van der Waals surface area contributed by atoms with Gasteiger partial charge in [0, 0.05) is 30.8 Å². The number of fused-ring (bicyclic) bond motifs is 1. The van der Waals surface area contributed by atoms with E-state index in [2.05, 4.69) is 43.1 Å². The first kappa shape index (κ1) is 23.4. The van der Waals surface area contributed by atoms with Crippen molar-refractivity contribution >= 4 is 28.4 Å². The number of carbonyl (C=O) groups is 1. The maximum absolute atomic E-state index is 11.3. The van der Waals surface area contributed by atoms with Gasteiger partial charge in [0.15, 0.2) is 5.01 Å².